The Morgan fingerprint density at radius 2 is 1.77 bits per heavy atom. The number of rotatable bonds is 4. The van der Waals surface area contributed by atoms with Crippen LogP contribution in [0.3, 0.4) is 0 Å². The lowest BCUT2D eigenvalue weighted by atomic mass is 9.94. The number of ketones is 3. The molecular weight excluding hydrogens is 408 g/mol. The predicted octanol–water partition coefficient (Wildman–Crippen LogP) is 1.13. The number of fused-ring (bicyclic) bond motifs is 1. The molecule has 1 heterocycles. The monoisotopic (exact) mass is 436 g/mol. The Morgan fingerprint density at radius 3 is 2.45 bits per heavy atom. The second kappa shape index (κ2) is 11.0. The Labute approximate surface area is 180 Å². The average molecular weight is 436 g/mol. The highest BCUT2D eigenvalue weighted by molar-refractivity contribution is 6.63. The molecule has 1 aromatic carbocycles. The van der Waals surface area contributed by atoms with Gasteiger partial charge in [-0.25, -0.2) is 4.79 Å². The van der Waals surface area contributed by atoms with Crippen LogP contribution in [0.25, 0.3) is 0 Å². The van der Waals surface area contributed by atoms with Crippen molar-refractivity contribution in [3.63, 3.8) is 0 Å². The molecule has 0 spiro atoms. The van der Waals surface area contributed by atoms with Crippen molar-refractivity contribution in [3.8, 4) is 11.5 Å². The van der Waals surface area contributed by atoms with Gasteiger partial charge in [-0.3, -0.25) is 14.4 Å². The van der Waals surface area contributed by atoms with E-state index in [4.69, 9.17) is 14.6 Å². The minimum atomic E-state index is -1.12. The molecule has 0 amide bonds. The molecule has 0 fully saturated rings. The first-order chi connectivity index (χ1) is 14.6. The molecule has 31 heavy (non-hydrogen) atoms. The summed E-state index contributed by atoms with van der Waals surface area (Å²) in [5.74, 6) is -3.80. The van der Waals surface area contributed by atoms with Crippen LogP contribution in [0.1, 0.15) is 55.5 Å². The third kappa shape index (κ3) is 6.60. The number of phenolic OH excluding ortho intramolecular Hbond substituents is 1. The minimum Gasteiger partial charge on any atom is -0.507 e. The Morgan fingerprint density at radius 1 is 1.10 bits per heavy atom. The molecule has 9 nitrogen and oxygen atoms in total. The number of cyclic esters (lactones) is 1. The molecule has 0 saturated carbocycles. The number of hydrogen-bond donors (Lipinski definition) is 3. The van der Waals surface area contributed by atoms with Crippen LogP contribution in [0.2, 0.25) is 0 Å². The van der Waals surface area contributed by atoms with Gasteiger partial charge in [0.2, 0.25) is 11.6 Å². The lowest BCUT2D eigenvalue weighted by Crippen LogP contribution is -2.27. The van der Waals surface area contributed by atoms with Crippen molar-refractivity contribution < 1.29 is 44.0 Å². The van der Waals surface area contributed by atoms with Gasteiger partial charge in [0.15, 0.2) is 0 Å². The SMILES string of the molecule is C[C@@H]1OC(=O)c2c(O)cc(OC[C@H](O)CO)cc2CCCC(=O)C(=O)C(=O)CC[C@@H]1C. The van der Waals surface area contributed by atoms with E-state index in [1.54, 1.807) is 13.8 Å². The molecule has 2 rings (SSSR count). The highest BCUT2D eigenvalue weighted by atomic mass is 16.5. The van der Waals surface area contributed by atoms with Crippen molar-refractivity contribution in [2.45, 2.75) is 58.2 Å². The van der Waals surface area contributed by atoms with E-state index in [0.717, 1.165) is 0 Å². The molecule has 3 atom stereocenters. The van der Waals surface area contributed by atoms with E-state index < -0.39 is 42.1 Å². The Balaban J connectivity index is 2.36. The fraction of sp³-hybridized carbons (Fsp3) is 0.545. The van der Waals surface area contributed by atoms with Gasteiger partial charge in [0.1, 0.15) is 35.9 Å². The van der Waals surface area contributed by atoms with Gasteiger partial charge >= 0.3 is 5.97 Å². The molecule has 9 heteroatoms. The van der Waals surface area contributed by atoms with Crippen molar-refractivity contribution in [1.82, 2.24) is 0 Å². The standard InChI is InChI=1S/C22H28O9/c1-12-6-7-18(26)21(28)17(25)5-3-4-14-8-16(30-11-15(24)10-23)9-19(27)20(14)22(29)31-13(12)2/h8-9,12-13,15,23-24,27H,3-7,10-11H2,1-2H3/t12-,13-,15+/m0/s1. The molecule has 0 bridgehead atoms. The van der Waals surface area contributed by atoms with E-state index in [-0.39, 0.29) is 61.7 Å². The number of esters is 1. The van der Waals surface area contributed by atoms with Crippen LogP contribution in [-0.2, 0) is 25.5 Å². The summed E-state index contributed by atoms with van der Waals surface area (Å²) in [6, 6.07) is 2.67. The molecule has 0 saturated heterocycles. The molecule has 0 radical (unpaired) electrons. The summed E-state index contributed by atoms with van der Waals surface area (Å²) >= 11 is 0. The number of carbonyl (C=O) groups is 4. The maximum atomic E-state index is 12.8. The number of ether oxygens (including phenoxy) is 2. The molecule has 1 aromatic rings. The van der Waals surface area contributed by atoms with Gasteiger partial charge in [0.05, 0.1) is 6.61 Å². The Hall–Kier alpha value is -2.78. The smallest absolute Gasteiger partial charge is 0.342 e. The second-order valence-electron chi connectivity index (χ2n) is 7.78. The van der Waals surface area contributed by atoms with Crippen LogP contribution < -0.4 is 4.74 Å². The Bertz CT molecular complexity index is 846. The number of Topliss-reactive ketones (excluding diaryl/α,β-unsaturated/α-hetero) is 3. The fourth-order valence-electron chi connectivity index (χ4n) is 3.18. The third-order valence-corrected chi connectivity index (χ3v) is 5.31. The molecule has 0 aliphatic carbocycles. The fourth-order valence-corrected chi connectivity index (χ4v) is 3.18. The number of carbonyl (C=O) groups excluding carboxylic acids is 4. The molecule has 170 valence electrons. The number of hydrogen-bond acceptors (Lipinski definition) is 9. The number of aryl methyl sites for hydroxylation is 1. The molecule has 0 aromatic heterocycles. The zero-order valence-corrected chi connectivity index (χ0v) is 17.6. The summed E-state index contributed by atoms with van der Waals surface area (Å²) in [5, 5.41) is 28.8. The van der Waals surface area contributed by atoms with Crippen LogP contribution in [0.15, 0.2) is 12.1 Å². The lowest BCUT2D eigenvalue weighted by Gasteiger charge is -2.22. The third-order valence-electron chi connectivity index (χ3n) is 5.31. The quantitative estimate of drug-likeness (QED) is 0.466. The number of aliphatic hydroxyl groups excluding tert-OH is 2. The summed E-state index contributed by atoms with van der Waals surface area (Å²) in [6.45, 7) is 2.67. The van der Waals surface area contributed by atoms with Crippen LogP contribution in [0, 0.1) is 5.92 Å². The van der Waals surface area contributed by atoms with Crippen molar-refractivity contribution in [2.24, 2.45) is 5.92 Å². The van der Waals surface area contributed by atoms with Crippen LogP contribution in [0.4, 0.5) is 0 Å². The van der Waals surface area contributed by atoms with Crippen molar-refractivity contribution in [1.29, 1.82) is 0 Å². The minimum absolute atomic E-state index is 0.0685. The van der Waals surface area contributed by atoms with Gasteiger partial charge in [-0.15, -0.1) is 0 Å². The average Bonchev–Trinajstić information content (AvgIpc) is 2.73. The van der Waals surface area contributed by atoms with E-state index in [1.807, 2.05) is 0 Å². The first kappa shape index (κ1) is 24.5. The summed E-state index contributed by atoms with van der Waals surface area (Å²) in [7, 11) is 0. The molecule has 1 aliphatic heterocycles. The van der Waals surface area contributed by atoms with Gasteiger partial charge in [-0.05, 0) is 43.7 Å². The van der Waals surface area contributed by atoms with E-state index in [9.17, 15) is 29.4 Å². The van der Waals surface area contributed by atoms with E-state index in [1.165, 1.54) is 12.1 Å². The normalized spacial score (nSPS) is 22.3. The summed E-state index contributed by atoms with van der Waals surface area (Å²) in [4.78, 5) is 48.8. The van der Waals surface area contributed by atoms with Gasteiger partial charge in [-0.2, -0.15) is 0 Å². The summed E-state index contributed by atoms with van der Waals surface area (Å²) in [6.07, 6.45) is -1.44. The largest absolute Gasteiger partial charge is 0.507 e. The first-order valence-corrected chi connectivity index (χ1v) is 10.2. The molecule has 3 N–H and O–H groups in total. The molecular formula is C22H28O9. The van der Waals surface area contributed by atoms with Crippen LogP contribution >= 0.6 is 0 Å². The maximum absolute atomic E-state index is 12.8. The highest BCUT2D eigenvalue weighted by Crippen LogP contribution is 2.31. The van der Waals surface area contributed by atoms with Gasteiger partial charge in [-0.1, -0.05) is 6.92 Å². The van der Waals surface area contributed by atoms with Crippen molar-refractivity contribution in [2.75, 3.05) is 13.2 Å². The number of benzene rings is 1. The van der Waals surface area contributed by atoms with E-state index in [2.05, 4.69) is 0 Å². The summed E-state index contributed by atoms with van der Waals surface area (Å²) in [5.41, 5.74) is 0.267. The van der Waals surface area contributed by atoms with Gasteiger partial charge in [0.25, 0.3) is 5.78 Å². The van der Waals surface area contributed by atoms with E-state index >= 15 is 0 Å². The lowest BCUT2D eigenvalue weighted by molar-refractivity contribution is -0.144. The van der Waals surface area contributed by atoms with Crippen molar-refractivity contribution in [3.05, 3.63) is 23.3 Å². The van der Waals surface area contributed by atoms with Gasteiger partial charge in [0, 0.05) is 18.9 Å². The predicted molar refractivity (Wildman–Crippen MR) is 108 cm³/mol. The number of aliphatic hydroxyl groups is 2. The number of aromatic hydroxyl groups is 1. The second-order valence-corrected chi connectivity index (χ2v) is 7.78. The van der Waals surface area contributed by atoms with Crippen LogP contribution in [0.5, 0.6) is 11.5 Å². The highest BCUT2D eigenvalue weighted by Gasteiger charge is 2.28. The zero-order chi connectivity index (χ0) is 23.1. The summed E-state index contributed by atoms with van der Waals surface area (Å²) < 4.78 is 10.8. The number of phenols is 1. The Kier molecular flexibility index (Phi) is 8.70. The molecule has 1 aliphatic rings. The zero-order valence-electron chi connectivity index (χ0n) is 17.6. The van der Waals surface area contributed by atoms with Gasteiger partial charge < -0.3 is 24.8 Å². The van der Waals surface area contributed by atoms with Crippen molar-refractivity contribution >= 4 is 23.3 Å². The van der Waals surface area contributed by atoms with E-state index in [0.29, 0.717) is 5.56 Å². The molecule has 0 unspecified atom stereocenters. The maximum Gasteiger partial charge on any atom is 0.342 e. The topological polar surface area (TPSA) is 147 Å². The van der Waals surface area contributed by atoms with Crippen LogP contribution in [-0.4, -0.2) is 64.1 Å². The first-order valence-electron chi connectivity index (χ1n) is 10.2.